The molecule has 1 amide bonds. The molecule has 1 heterocycles. The molecule has 0 spiro atoms. The van der Waals surface area contributed by atoms with Crippen molar-refractivity contribution < 1.29 is 4.79 Å². The Morgan fingerprint density at radius 2 is 1.70 bits per heavy atom. The van der Waals surface area contributed by atoms with Gasteiger partial charge in [0.25, 0.3) is 0 Å². The number of nitrogens with one attached hydrogen (secondary N) is 2. The van der Waals surface area contributed by atoms with Crippen molar-refractivity contribution in [2.75, 3.05) is 6.54 Å². The fourth-order valence-corrected chi connectivity index (χ4v) is 3.60. The molecule has 118 valence electrons. The van der Waals surface area contributed by atoms with Crippen molar-refractivity contribution >= 4 is 18.3 Å². The summed E-state index contributed by atoms with van der Waals surface area (Å²) in [4.78, 5) is 12.2. The summed E-state index contributed by atoms with van der Waals surface area (Å²) >= 11 is 0. The molecule has 2 rings (SSSR count). The second-order valence-corrected chi connectivity index (χ2v) is 6.56. The Hall–Kier alpha value is -0.280. The molecule has 0 aromatic rings. The van der Waals surface area contributed by atoms with Crippen LogP contribution in [0.2, 0.25) is 0 Å². The average Bonchev–Trinajstić information content (AvgIpc) is 2.48. The number of amides is 1. The lowest BCUT2D eigenvalue weighted by atomic mass is 9.78. The van der Waals surface area contributed by atoms with Crippen LogP contribution in [-0.2, 0) is 4.79 Å². The summed E-state index contributed by atoms with van der Waals surface area (Å²) in [5, 5.41) is 6.58. The van der Waals surface area contributed by atoms with Gasteiger partial charge in [0.2, 0.25) is 5.91 Å². The molecule has 0 aromatic heterocycles. The van der Waals surface area contributed by atoms with Crippen LogP contribution in [0.5, 0.6) is 0 Å². The van der Waals surface area contributed by atoms with E-state index in [1.165, 1.54) is 44.9 Å². The molecule has 2 fully saturated rings. The van der Waals surface area contributed by atoms with Gasteiger partial charge in [0.05, 0.1) is 6.04 Å². The molecule has 1 saturated carbocycles. The van der Waals surface area contributed by atoms with Crippen molar-refractivity contribution in [1.29, 1.82) is 0 Å². The van der Waals surface area contributed by atoms with E-state index in [0.29, 0.717) is 12.0 Å². The summed E-state index contributed by atoms with van der Waals surface area (Å²) in [7, 11) is 0. The van der Waals surface area contributed by atoms with Crippen LogP contribution < -0.4 is 10.6 Å². The first-order valence-corrected chi connectivity index (χ1v) is 8.22. The Kier molecular flexibility index (Phi) is 7.90. The molecule has 3 unspecified atom stereocenters. The maximum absolute atomic E-state index is 12.2. The Labute approximate surface area is 130 Å². The van der Waals surface area contributed by atoms with Crippen molar-refractivity contribution in [1.82, 2.24) is 10.6 Å². The Balaban J connectivity index is 0.00000200. The van der Waals surface area contributed by atoms with Crippen LogP contribution in [0.4, 0.5) is 0 Å². The van der Waals surface area contributed by atoms with Gasteiger partial charge in [-0.05, 0) is 38.1 Å². The van der Waals surface area contributed by atoms with Gasteiger partial charge in [-0.3, -0.25) is 4.79 Å². The Bertz CT molecular complexity index is 286. The topological polar surface area (TPSA) is 41.1 Å². The molecular weight excluding hydrogens is 272 g/mol. The zero-order chi connectivity index (χ0) is 13.7. The second-order valence-electron chi connectivity index (χ2n) is 6.56. The summed E-state index contributed by atoms with van der Waals surface area (Å²) in [5.74, 6) is 1.63. The molecule has 1 aliphatic carbocycles. The number of carbonyl (C=O) groups excluding carboxylic acids is 1. The monoisotopic (exact) mass is 302 g/mol. The van der Waals surface area contributed by atoms with E-state index >= 15 is 0 Å². The van der Waals surface area contributed by atoms with Crippen LogP contribution in [0.25, 0.3) is 0 Å². The van der Waals surface area contributed by atoms with Crippen molar-refractivity contribution in [3.05, 3.63) is 0 Å². The van der Waals surface area contributed by atoms with Crippen LogP contribution in [-0.4, -0.2) is 24.5 Å². The van der Waals surface area contributed by atoms with Crippen molar-refractivity contribution in [3.8, 4) is 0 Å². The Morgan fingerprint density at radius 1 is 1.05 bits per heavy atom. The Morgan fingerprint density at radius 3 is 2.30 bits per heavy atom. The van der Waals surface area contributed by atoms with Crippen LogP contribution >= 0.6 is 12.4 Å². The first kappa shape index (κ1) is 17.8. The zero-order valence-electron chi connectivity index (χ0n) is 13.0. The first-order chi connectivity index (χ1) is 9.18. The molecule has 0 radical (unpaired) electrons. The molecule has 1 saturated heterocycles. The molecule has 3 atom stereocenters. The number of piperidine rings is 1. The van der Waals surface area contributed by atoms with Gasteiger partial charge in [-0.1, -0.05) is 45.4 Å². The van der Waals surface area contributed by atoms with Gasteiger partial charge in [0.15, 0.2) is 0 Å². The normalized spacial score (nSPS) is 27.2. The van der Waals surface area contributed by atoms with Crippen LogP contribution in [0.3, 0.4) is 0 Å². The van der Waals surface area contributed by atoms with Crippen LogP contribution in [0.1, 0.15) is 65.2 Å². The quantitative estimate of drug-likeness (QED) is 0.837. The molecule has 20 heavy (non-hydrogen) atoms. The minimum absolute atomic E-state index is 0. The molecular formula is C16H31ClN2O. The van der Waals surface area contributed by atoms with Crippen molar-refractivity contribution in [2.24, 2.45) is 11.8 Å². The first-order valence-electron chi connectivity index (χ1n) is 8.22. The van der Waals surface area contributed by atoms with Crippen molar-refractivity contribution in [3.63, 3.8) is 0 Å². The number of hydrogen-bond donors (Lipinski definition) is 2. The minimum atomic E-state index is 0. The predicted octanol–water partition coefficient (Wildman–Crippen LogP) is 3.27. The fourth-order valence-electron chi connectivity index (χ4n) is 3.60. The highest BCUT2D eigenvalue weighted by molar-refractivity contribution is 5.85. The minimum Gasteiger partial charge on any atom is -0.352 e. The molecule has 3 nitrogen and oxygen atoms in total. The third-order valence-corrected chi connectivity index (χ3v) is 5.18. The number of rotatable bonds is 4. The summed E-state index contributed by atoms with van der Waals surface area (Å²) in [6.07, 6.45) is 10.2. The van der Waals surface area contributed by atoms with E-state index in [4.69, 9.17) is 0 Å². The third-order valence-electron chi connectivity index (χ3n) is 5.18. The molecule has 4 heteroatoms. The number of carbonyl (C=O) groups is 1. The van der Waals surface area contributed by atoms with Gasteiger partial charge in [-0.25, -0.2) is 0 Å². The fraction of sp³-hybridized carbons (Fsp3) is 0.938. The number of hydrogen-bond acceptors (Lipinski definition) is 2. The van der Waals surface area contributed by atoms with Gasteiger partial charge < -0.3 is 10.6 Å². The largest absolute Gasteiger partial charge is 0.352 e. The van der Waals surface area contributed by atoms with Gasteiger partial charge in [0.1, 0.15) is 0 Å². The van der Waals surface area contributed by atoms with Gasteiger partial charge >= 0.3 is 0 Å². The SMILES string of the molecule is CC(NC(=O)C1CCCCN1)C(C)C1CCCCC1.Cl. The maximum atomic E-state index is 12.2. The predicted molar refractivity (Wildman–Crippen MR) is 86.2 cm³/mol. The molecule has 2 N–H and O–H groups in total. The molecule has 1 aliphatic heterocycles. The lowest BCUT2D eigenvalue weighted by Crippen LogP contribution is -2.51. The number of halogens is 1. The lowest BCUT2D eigenvalue weighted by molar-refractivity contribution is -0.124. The van der Waals surface area contributed by atoms with E-state index in [1.807, 2.05) is 0 Å². The average molecular weight is 303 g/mol. The standard InChI is InChI=1S/C16H30N2O.ClH/c1-12(14-8-4-3-5-9-14)13(2)18-16(19)15-10-6-7-11-17-15;/h12-15,17H,3-11H2,1-2H3,(H,18,19);1H. The molecule has 0 aromatic carbocycles. The van der Waals surface area contributed by atoms with Gasteiger partial charge in [-0.15, -0.1) is 12.4 Å². The summed E-state index contributed by atoms with van der Waals surface area (Å²) < 4.78 is 0. The van der Waals surface area contributed by atoms with E-state index in [0.717, 1.165) is 18.9 Å². The van der Waals surface area contributed by atoms with E-state index in [-0.39, 0.29) is 24.4 Å². The van der Waals surface area contributed by atoms with Crippen molar-refractivity contribution in [2.45, 2.75) is 77.3 Å². The lowest BCUT2D eigenvalue weighted by Gasteiger charge is -2.33. The van der Waals surface area contributed by atoms with Crippen LogP contribution in [0, 0.1) is 11.8 Å². The maximum Gasteiger partial charge on any atom is 0.237 e. The van der Waals surface area contributed by atoms with Gasteiger partial charge in [0, 0.05) is 6.04 Å². The smallest absolute Gasteiger partial charge is 0.237 e. The summed E-state index contributed by atoms with van der Waals surface area (Å²) in [5.41, 5.74) is 0. The van der Waals surface area contributed by atoms with Gasteiger partial charge in [-0.2, -0.15) is 0 Å². The highest BCUT2D eigenvalue weighted by Gasteiger charge is 2.27. The third kappa shape index (κ3) is 4.92. The summed E-state index contributed by atoms with van der Waals surface area (Å²) in [6.45, 7) is 5.49. The summed E-state index contributed by atoms with van der Waals surface area (Å²) in [6, 6.07) is 0.356. The van der Waals surface area contributed by atoms with E-state index < -0.39 is 0 Å². The van der Waals surface area contributed by atoms with E-state index in [2.05, 4.69) is 24.5 Å². The molecule has 2 aliphatic rings. The zero-order valence-corrected chi connectivity index (χ0v) is 13.8. The van der Waals surface area contributed by atoms with Crippen LogP contribution in [0.15, 0.2) is 0 Å². The van der Waals surface area contributed by atoms with E-state index in [9.17, 15) is 4.79 Å². The highest BCUT2D eigenvalue weighted by atomic mass is 35.5. The molecule has 0 bridgehead atoms. The highest BCUT2D eigenvalue weighted by Crippen LogP contribution is 2.31. The second kappa shape index (κ2) is 8.89. The van der Waals surface area contributed by atoms with E-state index in [1.54, 1.807) is 0 Å².